The van der Waals surface area contributed by atoms with E-state index in [4.69, 9.17) is 14.2 Å². The highest BCUT2D eigenvalue weighted by Gasteiger charge is 2.19. The number of rotatable bonds is 62. The molecule has 0 fully saturated rings. The van der Waals surface area contributed by atoms with Crippen LogP contribution in [0.5, 0.6) is 0 Å². The Morgan fingerprint density at radius 1 is 0.260 bits per heavy atom. The summed E-state index contributed by atoms with van der Waals surface area (Å²) in [5, 5.41) is 0. The molecule has 0 aliphatic carbocycles. The summed E-state index contributed by atoms with van der Waals surface area (Å²) in [5.41, 5.74) is 0. The van der Waals surface area contributed by atoms with Crippen LogP contribution in [0.1, 0.15) is 380 Å². The van der Waals surface area contributed by atoms with Gasteiger partial charge >= 0.3 is 17.9 Å². The van der Waals surface area contributed by atoms with E-state index in [0.29, 0.717) is 19.3 Å². The third kappa shape index (κ3) is 60.9. The number of carbonyl (C=O) groups excluding carboxylic acids is 3. The van der Waals surface area contributed by atoms with Crippen LogP contribution in [0.4, 0.5) is 0 Å². The first kappa shape index (κ1) is 71.2. The number of hydrogen-bond donors (Lipinski definition) is 0. The third-order valence-corrected chi connectivity index (χ3v) is 15.3. The monoisotopic (exact) mass is 1030 g/mol. The highest BCUT2D eigenvalue weighted by atomic mass is 16.6. The molecule has 0 amide bonds. The van der Waals surface area contributed by atoms with Gasteiger partial charge in [-0.1, -0.05) is 328 Å². The molecule has 1 unspecified atom stereocenters. The van der Waals surface area contributed by atoms with E-state index in [9.17, 15) is 14.4 Å². The molecule has 0 aliphatic heterocycles. The van der Waals surface area contributed by atoms with Crippen molar-refractivity contribution in [2.45, 2.75) is 386 Å². The summed E-state index contributed by atoms with van der Waals surface area (Å²) >= 11 is 0. The maximum absolute atomic E-state index is 12.9. The SMILES string of the molecule is CCCCCCCCCC/C=C\CCCCCCCCCCCC(=O)OC(COC(=O)CCCCCCCCCCCCC)COC(=O)CCCCCCCCCCCCCCCCCCCCCCCCC. The van der Waals surface area contributed by atoms with Gasteiger partial charge in [0.05, 0.1) is 0 Å². The summed E-state index contributed by atoms with van der Waals surface area (Å²) in [6.07, 6.45) is 73.7. The lowest BCUT2D eigenvalue weighted by molar-refractivity contribution is -0.167. The van der Waals surface area contributed by atoms with Gasteiger partial charge in [-0.05, 0) is 44.9 Å². The van der Waals surface area contributed by atoms with Crippen LogP contribution >= 0.6 is 0 Å². The fraction of sp³-hybridized carbons (Fsp3) is 0.925. The number of allylic oxidation sites excluding steroid dienone is 2. The average molecular weight is 1030 g/mol. The largest absolute Gasteiger partial charge is 0.462 e. The Hall–Kier alpha value is -1.85. The number of esters is 3. The molecule has 0 aromatic carbocycles. The normalized spacial score (nSPS) is 12.0. The first-order valence-corrected chi connectivity index (χ1v) is 33.2. The van der Waals surface area contributed by atoms with Crippen molar-refractivity contribution in [1.82, 2.24) is 0 Å². The van der Waals surface area contributed by atoms with Gasteiger partial charge in [-0.15, -0.1) is 0 Å². The highest BCUT2D eigenvalue weighted by molar-refractivity contribution is 5.71. The van der Waals surface area contributed by atoms with Crippen LogP contribution < -0.4 is 0 Å². The number of ether oxygens (including phenoxy) is 3. The van der Waals surface area contributed by atoms with Gasteiger partial charge < -0.3 is 14.2 Å². The number of hydrogen-bond acceptors (Lipinski definition) is 6. The van der Waals surface area contributed by atoms with Crippen LogP contribution in [0.2, 0.25) is 0 Å². The van der Waals surface area contributed by atoms with E-state index in [1.165, 1.54) is 283 Å². The third-order valence-electron chi connectivity index (χ3n) is 15.3. The predicted molar refractivity (Wildman–Crippen MR) is 317 cm³/mol. The Labute approximate surface area is 456 Å². The van der Waals surface area contributed by atoms with E-state index < -0.39 is 6.10 Å². The standard InChI is InChI=1S/C67H128O6/c1-4-7-10-13-16-19-22-24-26-28-30-32-33-35-36-38-40-42-45-48-51-54-57-60-66(69)72-63-64(62-71-65(68)59-56-53-50-47-44-21-18-15-12-9-6-3)73-67(70)61-58-55-52-49-46-43-41-39-37-34-31-29-27-25-23-20-17-14-11-8-5-2/h29,31,64H,4-28,30,32-63H2,1-3H3/b31-29-. The summed E-state index contributed by atoms with van der Waals surface area (Å²) in [4.78, 5) is 38.3. The summed E-state index contributed by atoms with van der Waals surface area (Å²) in [7, 11) is 0. The zero-order chi connectivity index (χ0) is 52.9. The molecule has 0 aromatic heterocycles. The molecule has 0 radical (unpaired) electrons. The van der Waals surface area contributed by atoms with Gasteiger partial charge in [0.1, 0.15) is 13.2 Å². The zero-order valence-electron chi connectivity index (χ0n) is 49.7. The molecule has 73 heavy (non-hydrogen) atoms. The fourth-order valence-corrected chi connectivity index (χ4v) is 10.3. The van der Waals surface area contributed by atoms with Crippen molar-refractivity contribution in [3.63, 3.8) is 0 Å². The Morgan fingerprint density at radius 2 is 0.452 bits per heavy atom. The molecular weight excluding hydrogens is 901 g/mol. The molecule has 0 N–H and O–H groups in total. The second-order valence-corrected chi connectivity index (χ2v) is 22.7. The number of unbranched alkanes of at least 4 members (excludes halogenated alkanes) is 49. The summed E-state index contributed by atoms with van der Waals surface area (Å²) in [6.45, 7) is 6.71. The molecular formula is C67H128O6. The first-order chi connectivity index (χ1) is 36.0. The summed E-state index contributed by atoms with van der Waals surface area (Å²) in [6, 6.07) is 0. The minimum atomic E-state index is -0.766. The van der Waals surface area contributed by atoms with E-state index in [1.807, 2.05) is 0 Å². The smallest absolute Gasteiger partial charge is 0.306 e. The van der Waals surface area contributed by atoms with E-state index >= 15 is 0 Å². The van der Waals surface area contributed by atoms with Gasteiger partial charge in [0.15, 0.2) is 6.10 Å². The minimum Gasteiger partial charge on any atom is -0.462 e. The topological polar surface area (TPSA) is 78.9 Å². The van der Waals surface area contributed by atoms with Crippen molar-refractivity contribution in [2.75, 3.05) is 13.2 Å². The molecule has 0 spiro atoms. The Balaban J connectivity index is 4.20. The van der Waals surface area contributed by atoms with Crippen LogP contribution in [-0.2, 0) is 28.6 Å². The van der Waals surface area contributed by atoms with Crippen molar-refractivity contribution < 1.29 is 28.6 Å². The lowest BCUT2D eigenvalue weighted by Gasteiger charge is -2.18. The summed E-state index contributed by atoms with van der Waals surface area (Å²) < 4.78 is 16.9. The molecule has 0 saturated heterocycles. The second-order valence-electron chi connectivity index (χ2n) is 22.7. The molecule has 6 heteroatoms. The molecule has 0 rings (SSSR count). The van der Waals surface area contributed by atoms with Crippen LogP contribution in [0.25, 0.3) is 0 Å². The van der Waals surface area contributed by atoms with Gasteiger partial charge in [-0.3, -0.25) is 14.4 Å². The maximum atomic E-state index is 12.9. The van der Waals surface area contributed by atoms with Gasteiger partial charge in [-0.25, -0.2) is 0 Å². The minimum absolute atomic E-state index is 0.0642. The lowest BCUT2D eigenvalue weighted by atomic mass is 10.0. The molecule has 432 valence electrons. The van der Waals surface area contributed by atoms with Crippen molar-refractivity contribution in [1.29, 1.82) is 0 Å². The summed E-state index contributed by atoms with van der Waals surface area (Å²) in [5.74, 6) is -0.836. The van der Waals surface area contributed by atoms with Crippen LogP contribution in [-0.4, -0.2) is 37.2 Å². The van der Waals surface area contributed by atoms with Gasteiger partial charge in [0.25, 0.3) is 0 Å². The van der Waals surface area contributed by atoms with Crippen molar-refractivity contribution in [2.24, 2.45) is 0 Å². The number of carbonyl (C=O) groups is 3. The van der Waals surface area contributed by atoms with E-state index in [-0.39, 0.29) is 31.1 Å². The fourth-order valence-electron chi connectivity index (χ4n) is 10.3. The van der Waals surface area contributed by atoms with E-state index in [2.05, 4.69) is 32.9 Å². The van der Waals surface area contributed by atoms with Gasteiger partial charge in [-0.2, -0.15) is 0 Å². The Morgan fingerprint density at radius 3 is 0.685 bits per heavy atom. The predicted octanol–water partition coefficient (Wildman–Crippen LogP) is 22.4. The zero-order valence-corrected chi connectivity index (χ0v) is 49.7. The highest BCUT2D eigenvalue weighted by Crippen LogP contribution is 2.18. The maximum Gasteiger partial charge on any atom is 0.306 e. The van der Waals surface area contributed by atoms with Gasteiger partial charge in [0.2, 0.25) is 0 Å². The Kier molecular flexibility index (Phi) is 61.1. The molecule has 6 nitrogen and oxygen atoms in total. The molecule has 0 bridgehead atoms. The molecule has 0 aromatic rings. The Bertz CT molecular complexity index is 1130. The van der Waals surface area contributed by atoms with Gasteiger partial charge in [0, 0.05) is 19.3 Å². The van der Waals surface area contributed by atoms with Crippen molar-refractivity contribution >= 4 is 17.9 Å². The van der Waals surface area contributed by atoms with E-state index in [1.54, 1.807) is 0 Å². The first-order valence-electron chi connectivity index (χ1n) is 33.2. The van der Waals surface area contributed by atoms with Crippen LogP contribution in [0.15, 0.2) is 12.2 Å². The van der Waals surface area contributed by atoms with Crippen LogP contribution in [0, 0.1) is 0 Å². The van der Waals surface area contributed by atoms with Crippen molar-refractivity contribution in [3.8, 4) is 0 Å². The molecule has 0 saturated carbocycles. The second kappa shape index (κ2) is 62.7. The molecule has 1 atom stereocenters. The quantitative estimate of drug-likeness (QED) is 0.0261. The average Bonchev–Trinajstić information content (AvgIpc) is 3.39. The molecule has 0 heterocycles. The van der Waals surface area contributed by atoms with Crippen molar-refractivity contribution in [3.05, 3.63) is 12.2 Å². The van der Waals surface area contributed by atoms with E-state index in [0.717, 1.165) is 57.8 Å². The lowest BCUT2D eigenvalue weighted by Crippen LogP contribution is -2.30. The molecule has 0 aliphatic rings. The van der Waals surface area contributed by atoms with Crippen LogP contribution in [0.3, 0.4) is 0 Å².